The smallest absolute Gasteiger partial charge is 0.404 e. The van der Waals surface area contributed by atoms with Gasteiger partial charge < -0.3 is 20.5 Å². The zero-order valence-corrected chi connectivity index (χ0v) is 17.6. The Morgan fingerprint density at radius 1 is 1.15 bits per heavy atom. The number of aryl methyl sites for hydroxylation is 2. The molecule has 0 saturated heterocycles. The minimum atomic E-state index is -3.52. The SMILES string of the molecule is Cc1cc(OCc2c(F)cccc2F)c2nc(C)c(C(=O)NCC(F)(F)CNC(=O)O)n2c1. The molecule has 0 bridgehead atoms. The summed E-state index contributed by atoms with van der Waals surface area (Å²) in [5.74, 6) is -5.81. The van der Waals surface area contributed by atoms with Gasteiger partial charge in [0.2, 0.25) is 0 Å². The van der Waals surface area contributed by atoms with E-state index in [-0.39, 0.29) is 28.3 Å². The number of hydrogen-bond acceptors (Lipinski definition) is 4. The van der Waals surface area contributed by atoms with Crippen molar-refractivity contribution in [3.63, 3.8) is 0 Å². The summed E-state index contributed by atoms with van der Waals surface area (Å²) in [6.07, 6.45) is -0.0813. The molecule has 8 nitrogen and oxygen atoms in total. The zero-order valence-electron chi connectivity index (χ0n) is 17.6. The Hall–Kier alpha value is -3.83. The van der Waals surface area contributed by atoms with Crippen LogP contribution in [-0.2, 0) is 6.61 Å². The fourth-order valence-corrected chi connectivity index (χ4v) is 3.12. The number of fused-ring (bicyclic) bond motifs is 1. The third-order valence-electron chi connectivity index (χ3n) is 4.65. The first-order valence-electron chi connectivity index (χ1n) is 9.66. The van der Waals surface area contributed by atoms with Gasteiger partial charge in [-0.25, -0.2) is 27.3 Å². The summed E-state index contributed by atoms with van der Waals surface area (Å²) in [5, 5.41) is 12.1. The average Bonchev–Trinajstić information content (AvgIpc) is 3.06. The highest BCUT2D eigenvalue weighted by Crippen LogP contribution is 2.26. The maximum atomic E-state index is 13.9. The van der Waals surface area contributed by atoms with E-state index in [0.29, 0.717) is 5.56 Å². The van der Waals surface area contributed by atoms with Crippen molar-refractivity contribution in [3.8, 4) is 5.75 Å². The van der Waals surface area contributed by atoms with Crippen LogP contribution in [0.15, 0.2) is 30.5 Å². The van der Waals surface area contributed by atoms with Crippen LogP contribution >= 0.6 is 0 Å². The van der Waals surface area contributed by atoms with Crippen molar-refractivity contribution in [1.82, 2.24) is 20.0 Å². The van der Waals surface area contributed by atoms with Crippen LogP contribution in [0, 0.1) is 25.5 Å². The van der Waals surface area contributed by atoms with Crippen LogP contribution in [0.25, 0.3) is 5.65 Å². The normalized spacial score (nSPS) is 11.5. The second-order valence-electron chi connectivity index (χ2n) is 7.31. The number of hydrogen-bond donors (Lipinski definition) is 3. The summed E-state index contributed by atoms with van der Waals surface area (Å²) in [6, 6.07) is 4.98. The number of nitrogens with one attached hydrogen (secondary N) is 2. The second kappa shape index (κ2) is 9.35. The molecule has 3 rings (SSSR count). The Morgan fingerprint density at radius 3 is 2.42 bits per heavy atom. The van der Waals surface area contributed by atoms with E-state index in [0.717, 1.165) is 12.1 Å². The number of alkyl halides is 2. The highest BCUT2D eigenvalue weighted by atomic mass is 19.3. The predicted octanol–water partition coefficient (Wildman–Crippen LogP) is 3.44. The van der Waals surface area contributed by atoms with E-state index in [1.54, 1.807) is 18.3 Å². The lowest BCUT2D eigenvalue weighted by Gasteiger charge is -2.17. The summed E-state index contributed by atoms with van der Waals surface area (Å²) < 4.78 is 62.4. The molecule has 12 heteroatoms. The molecule has 0 unspecified atom stereocenters. The number of aromatic nitrogens is 2. The Balaban J connectivity index is 1.84. The average molecular weight is 468 g/mol. The molecule has 0 aliphatic rings. The Morgan fingerprint density at radius 2 is 1.79 bits per heavy atom. The topological polar surface area (TPSA) is 105 Å². The third-order valence-corrected chi connectivity index (χ3v) is 4.65. The molecule has 176 valence electrons. The van der Waals surface area contributed by atoms with Gasteiger partial charge in [0, 0.05) is 6.20 Å². The van der Waals surface area contributed by atoms with Gasteiger partial charge in [0.15, 0.2) is 11.4 Å². The highest BCUT2D eigenvalue weighted by Gasteiger charge is 2.31. The molecule has 0 saturated carbocycles. The lowest BCUT2D eigenvalue weighted by atomic mass is 10.2. The molecule has 0 spiro atoms. The first-order valence-corrected chi connectivity index (χ1v) is 9.66. The molecular formula is C21H20F4N4O4. The number of carboxylic acid groups (broad SMARTS) is 1. The van der Waals surface area contributed by atoms with Gasteiger partial charge in [-0.05, 0) is 37.6 Å². The number of amides is 2. The predicted molar refractivity (Wildman–Crippen MR) is 109 cm³/mol. The van der Waals surface area contributed by atoms with Crippen molar-refractivity contribution >= 4 is 17.6 Å². The van der Waals surface area contributed by atoms with Gasteiger partial charge in [0.1, 0.15) is 23.9 Å². The maximum absolute atomic E-state index is 13.9. The maximum Gasteiger partial charge on any atom is 0.404 e. The van der Waals surface area contributed by atoms with Crippen LogP contribution in [0.4, 0.5) is 22.4 Å². The van der Waals surface area contributed by atoms with Crippen molar-refractivity contribution in [2.75, 3.05) is 13.1 Å². The van der Waals surface area contributed by atoms with Crippen molar-refractivity contribution in [2.45, 2.75) is 26.4 Å². The van der Waals surface area contributed by atoms with E-state index in [1.807, 2.05) is 0 Å². The standard InChI is InChI=1S/C21H20F4N4O4/c1-11-6-16(33-8-13-14(22)4-3-5-15(13)23)18-28-12(2)17(29(18)7-11)19(30)26-9-21(24,25)10-27-20(31)32/h3-7,27H,8-10H2,1-2H3,(H,26,30)(H,31,32). The number of ether oxygens (including phenoxy) is 1. The van der Waals surface area contributed by atoms with E-state index in [2.05, 4.69) is 10.3 Å². The first kappa shape index (κ1) is 23.8. The van der Waals surface area contributed by atoms with Crippen LogP contribution in [0.5, 0.6) is 5.75 Å². The fraction of sp³-hybridized carbons (Fsp3) is 0.286. The Kier molecular flexibility index (Phi) is 6.75. The van der Waals surface area contributed by atoms with E-state index in [1.165, 1.54) is 23.6 Å². The Bertz CT molecular complexity index is 1190. The van der Waals surface area contributed by atoms with Crippen molar-refractivity contribution < 1.29 is 37.0 Å². The minimum absolute atomic E-state index is 0.0439. The molecule has 0 atom stereocenters. The lowest BCUT2D eigenvalue weighted by Crippen LogP contribution is -2.44. The minimum Gasteiger partial charge on any atom is -0.485 e. The van der Waals surface area contributed by atoms with E-state index < -0.39 is 49.3 Å². The van der Waals surface area contributed by atoms with Gasteiger partial charge in [-0.2, -0.15) is 0 Å². The number of halogens is 4. The van der Waals surface area contributed by atoms with Crippen LogP contribution in [0.1, 0.15) is 27.3 Å². The molecule has 3 aromatic rings. The van der Waals surface area contributed by atoms with Crippen molar-refractivity contribution in [3.05, 3.63) is 64.6 Å². The number of benzene rings is 1. The summed E-state index contributed by atoms with van der Waals surface area (Å²) in [4.78, 5) is 27.3. The number of pyridine rings is 1. The number of carbonyl (C=O) groups is 2. The third kappa shape index (κ3) is 5.51. The Labute approximate surface area is 185 Å². The van der Waals surface area contributed by atoms with Gasteiger partial charge in [0.25, 0.3) is 11.8 Å². The van der Waals surface area contributed by atoms with E-state index >= 15 is 0 Å². The number of imidazole rings is 1. The number of nitrogens with zero attached hydrogens (tertiary/aromatic N) is 2. The monoisotopic (exact) mass is 468 g/mol. The van der Waals surface area contributed by atoms with Crippen LogP contribution < -0.4 is 15.4 Å². The summed E-state index contributed by atoms with van der Waals surface area (Å²) in [6.45, 7) is 0.452. The summed E-state index contributed by atoms with van der Waals surface area (Å²) in [7, 11) is 0. The van der Waals surface area contributed by atoms with Crippen molar-refractivity contribution in [2.24, 2.45) is 0 Å². The van der Waals surface area contributed by atoms with Gasteiger partial charge in [0.05, 0.1) is 24.3 Å². The highest BCUT2D eigenvalue weighted by molar-refractivity contribution is 5.95. The zero-order chi connectivity index (χ0) is 24.3. The fourth-order valence-electron chi connectivity index (χ4n) is 3.12. The van der Waals surface area contributed by atoms with Gasteiger partial charge in [-0.3, -0.25) is 9.20 Å². The molecule has 0 radical (unpaired) electrons. The molecule has 0 aliphatic carbocycles. The summed E-state index contributed by atoms with van der Waals surface area (Å²) >= 11 is 0. The van der Waals surface area contributed by atoms with Crippen molar-refractivity contribution in [1.29, 1.82) is 0 Å². The molecular weight excluding hydrogens is 448 g/mol. The van der Waals surface area contributed by atoms with Crippen LogP contribution in [-0.4, -0.2) is 45.5 Å². The van der Waals surface area contributed by atoms with Crippen LogP contribution in [0.2, 0.25) is 0 Å². The van der Waals surface area contributed by atoms with Gasteiger partial charge in [-0.1, -0.05) is 6.07 Å². The van der Waals surface area contributed by atoms with E-state index in [4.69, 9.17) is 9.84 Å². The molecule has 0 aliphatic heterocycles. The van der Waals surface area contributed by atoms with Gasteiger partial charge >= 0.3 is 6.09 Å². The molecule has 0 fully saturated rings. The summed E-state index contributed by atoms with van der Waals surface area (Å²) in [5.41, 5.74) is 0.633. The quantitative estimate of drug-likeness (QED) is 0.440. The van der Waals surface area contributed by atoms with E-state index in [9.17, 15) is 27.2 Å². The molecule has 3 N–H and O–H groups in total. The largest absolute Gasteiger partial charge is 0.485 e. The van der Waals surface area contributed by atoms with Crippen LogP contribution in [0.3, 0.4) is 0 Å². The first-order chi connectivity index (χ1) is 15.5. The molecule has 2 aromatic heterocycles. The molecule has 2 amide bonds. The van der Waals surface area contributed by atoms with Gasteiger partial charge in [-0.15, -0.1) is 0 Å². The lowest BCUT2D eigenvalue weighted by molar-refractivity contribution is 0.00431. The number of rotatable bonds is 8. The molecule has 1 aromatic carbocycles. The second-order valence-corrected chi connectivity index (χ2v) is 7.31. The molecule has 2 heterocycles. The number of carbonyl (C=O) groups excluding carboxylic acids is 1. The molecule has 33 heavy (non-hydrogen) atoms.